The van der Waals surface area contributed by atoms with E-state index in [1.807, 2.05) is 19.9 Å². The van der Waals surface area contributed by atoms with Gasteiger partial charge in [-0.2, -0.15) is 0 Å². The molecule has 1 amide bonds. The first-order valence-electron chi connectivity index (χ1n) is 8.83. The van der Waals surface area contributed by atoms with Gasteiger partial charge in [0.2, 0.25) is 5.91 Å². The number of rotatable bonds is 8. The summed E-state index contributed by atoms with van der Waals surface area (Å²) in [5.41, 5.74) is 3.15. The summed E-state index contributed by atoms with van der Waals surface area (Å²) in [7, 11) is -2.63. The van der Waals surface area contributed by atoms with E-state index in [1.165, 1.54) is 13.2 Å². The molecule has 7 heteroatoms. The summed E-state index contributed by atoms with van der Waals surface area (Å²) >= 11 is 0. The fourth-order valence-electron chi connectivity index (χ4n) is 2.67. The van der Waals surface area contributed by atoms with E-state index < -0.39 is 15.9 Å². The first-order chi connectivity index (χ1) is 13.2. The van der Waals surface area contributed by atoms with E-state index in [2.05, 4.69) is 11.9 Å². The van der Waals surface area contributed by atoms with E-state index in [0.29, 0.717) is 5.69 Å². The summed E-state index contributed by atoms with van der Waals surface area (Å²) in [5.74, 6) is -0.195. The molecule has 0 saturated carbocycles. The molecule has 6 nitrogen and oxygen atoms in total. The van der Waals surface area contributed by atoms with E-state index in [0.717, 1.165) is 21.0 Å². The van der Waals surface area contributed by atoms with Crippen molar-refractivity contribution in [3.63, 3.8) is 0 Å². The van der Waals surface area contributed by atoms with Gasteiger partial charge in [-0.15, -0.1) is 6.58 Å². The van der Waals surface area contributed by atoms with Crippen molar-refractivity contribution in [3.05, 3.63) is 65.7 Å². The zero-order valence-electron chi connectivity index (χ0n) is 16.7. The van der Waals surface area contributed by atoms with Gasteiger partial charge < -0.3 is 10.1 Å². The second-order valence-corrected chi connectivity index (χ2v) is 8.36. The fraction of sp³-hybridized carbons (Fsp3) is 0.286. The van der Waals surface area contributed by atoms with Gasteiger partial charge in [-0.05, 0) is 61.7 Å². The van der Waals surface area contributed by atoms with Crippen LogP contribution in [0.2, 0.25) is 0 Å². The lowest BCUT2D eigenvalue weighted by Gasteiger charge is -2.25. The number of methoxy groups -OCH3 is 1. The van der Waals surface area contributed by atoms with Gasteiger partial charge in [-0.1, -0.05) is 18.2 Å². The predicted molar refractivity (Wildman–Crippen MR) is 111 cm³/mol. The maximum atomic E-state index is 13.5. The number of anilines is 1. The van der Waals surface area contributed by atoms with Gasteiger partial charge in [0.15, 0.2) is 0 Å². The van der Waals surface area contributed by atoms with Crippen LogP contribution >= 0.6 is 0 Å². The molecule has 0 bridgehead atoms. The van der Waals surface area contributed by atoms with Crippen molar-refractivity contribution >= 4 is 21.6 Å². The van der Waals surface area contributed by atoms with Gasteiger partial charge in [0.05, 0.1) is 12.8 Å². The van der Waals surface area contributed by atoms with Gasteiger partial charge >= 0.3 is 0 Å². The van der Waals surface area contributed by atoms with E-state index >= 15 is 0 Å². The number of aryl methyl sites for hydroxylation is 3. The fourth-order valence-corrected chi connectivity index (χ4v) is 4.33. The molecule has 0 spiro atoms. The molecule has 1 N–H and O–H groups in total. The Hall–Kier alpha value is -2.80. The molecule has 150 valence electrons. The lowest BCUT2D eigenvalue weighted by molar-refractivity contribution is -0.119. The third-order valence-electron chi connectivity index (χ3n) is 4.40. The van der Waals surface area contributed by atoms with E-state index in [9.17, 15) is 13.2 Å². The minimum Gasteiger partial charge on any atom is -0.495 e. The topological polar surface area (TPSA) is 75.7 Å². The first kappa shape index (κ1) is 21.5. The van der Waals surface area contributed by atoms with Crippen molar-refractivity contribution in [2.24, 2.45) is 0 Å². The summed E-state index contributed by atoms with van der Waals surface area (Å²) in [6.45, 7) is 9.10. The number of nitrogens with zero attached hydrogens (tertiary/aromatic N) is 1. The highest BCUT2D eigenvalue weighted by Crippen LogP contribution is 2.31. The monoisotopic (exact) mass is 402 g/mol. The molecule has 2 rings (SSSR count). The molecule has 0 radical (unpaired) electrons. The van der Waals surface area contributed by atoms with Crippen molar-refractivity contribution in [1.29, 1.82) is 0 Å². The zero-order chi connectivity index (χ0) is 20.9. The lowest BCUT2D eigenvalue weighted by atomic mass is 10.1. The molecule has 0 aliphatic rings. The number of sulfonamides is 1. The third-order valence-corrected chi connectivity index (χ3v) is 6.19. The largest absolute Gasteiger partial charge is 0.495 e. The van der Waals surface area contributed by atoms with Crippen LogP contribution in [0.4, 0.5) is 5.69 Å². The second kappa shape index (κ2) is 8.93. The Balaban J connectivity index is 2.59. The van der Waals surface area contributed by atoms with Gasteiger partial charge in [-0.3, -0.25) is 9.10 Å². The molecule has 0 fully saturated rings. The molecule has 2 aromatic carbocycles. The number of benzene rings is 2. The Kier molecular flexibility index (Phi) is 6.85. The van der Waals surface area contributed by atoms with Crippen LogP contribution < -0.4 is 14.4 Å². The molecule has 0 aliphatic carbocycles. The molecule has 0 aliphatic heterocycles. The molecule has 0 saturated heterocycles. The number of nitrogens with one attached hydrogen (secondary N) is 1. The van der Waals surface area contributed by atoms with E-state index in [-0.39, 0.29) is 23.7 Å². The third kappa shape index (κ3) is 4.72. The minimum atomic E-state index is -4.05. The van der Waals surface area contributed by atoms with Crippen LogP contribution in [-0.4, -0.2) is 34.5 Å². The van der Waals surface area contributed by atoms with Crippen LogP contribution in [0.25, 0.3) is 0 Å². The predicted octanol–water partition coefficient (Wildman–Crippen LogP) is 3.12. The molecule has 0 unspecified atom stereocenters. The number of carbonyl (C=O) groups excluding carboxylic acids is 1. The van der Waals surface area contributed by atoms with Crippen LogP contribution in [-0.2, 0) is 14.8 Å². The quantitative estimate of drug-likeness (QED) is 0.689. The number of carbonyl (C=O) groups is 1. The van der Waals surface area contributed by atoms with Crippen LogP contribution in [0, 0.1) is 20.8 Å². The average molecular weight is 403 g/mol. The van der Waals surface area contributed by atoms with Crippen molar-refractivity contribution < 1.29 is 17.9 Å². The number of ether oxygens (including phenoxy) is 1. The van der Waals surface area contributed by atoms with Gasteiger partial charge in [-0.25, -0.2) is 8.42 Å². The SMILES string of the molecule is C=CCNC(=O)CN(c1ccc(C)c(C)c1)S(=O)(=O)c1cc(C)ccc1OC. The van der Waals surface area contributed by atoms with Crippen LogP contribution in [0.3, 0.4) is 0 Å². The standard InChI is InChI=1S/C21H26N2O4S/c1-6-11-22-21(24)14-23(18-9-8-16(3)17(4)13-18)28(25,26)20-12-15(2)7-10-19(20)27-5/h6-10,12-13H,1,11,14H2,2-5H3,(H,22,24). The number of amides is 1. The maximum absolute atomic E-state index is 13.5. The average Bonchev–Trinajstić information content (AvgIpc) is 2.66. The summed E-state index contributed by atoms with van der Waals surface area (Å²) in [5, 5.41) is 2.63. The van der Waals surface area contributed by atoms with Crippen molar-refractivity contribution in [1.82, 2.24) is 5.32 Å². The molecule has 28 heavy (non-hydrogen) atoms. The first-order valence-corrected chi connectivity index (χ1v) is 10.3. The Morgan fingerprint density at radius 2 is 1.86 bits per heavy atom. The van der Waals surface area contributed by atoms with E-state index in [1.54, 1.807) is 37.3 Å². The lowest BCUT2D eigenvalue weighted by Crippen LogP contribution is -2.41. The Bertz CT molecular complexity index is 984. The Morgan fingerprint density at radius 1 is 1.14 bits per heavy atom. The number of hydrogen-bond donors (Lipinski definition) is 1. The van der Waals surface area contributed by atoms with Crippen LogP contribution in [0.5, 0.6) is 5.75 Å². The van der Waals surface area contributed by atoms with Crippen LogP contribution in [0.1, 0.15) is 16.7 Å². The van der Waals surface area contributed by atoms with Gasteiger partial charge in [0, 0.05) is 6.54 Å². The molecular weight excluding hydrogens is 376 g/mol. The second-order valence-electron chi connectivity index (χ2n) is 6.53. The zero-order valence-corrected chi connectivity index (χ0v) is 17.5. The summed E-state index contributed by atoms with van der Waals surface area (Å²) in [6, 6.07) is 10.2. The van der Waals surface area contributed by atoms with Crippen molar-refractivity contribution in [2.75, 3.05) is 24.5 Å². The molecule has 0 atom stereocenters. The number of hydrogen-bond acceptors (Lipinski definition) is 4. The summed E-state index contributed by atoms with van der Waals surface area (Å²) < 4.78 is 33.4. The molecule has 0 aromatic heterocycles. The highest BCUT2D eigenvalue weighted by Gasteiger charge is 2.30. The molecular formula is C21H26N2O4S. The Morgan fingerprint density at radius 3 is 2.46 bits per heavy atom. The summed E-state index contributed by atoms with van der Waals surface area (Å²) in [6.07, 6.45) is 1.54. The molecule has 2 aromatic rings. The highest BCUT2D eigenvalue weighted by atomic mass is 32.2. The van der Waals surface area contributed by atoms with Crippen molar-refractivity contribution in [3.8, 4) is 5.75 Å². The van der Waals surface area contributed by atoms with Gasteiger partial charge in [0.25, 0.3) is 10.0 Å². The normalized spacial score (nSPS) is 11.0. The summed E-state index contributed by atoms with van der Waals surface area (Å²) in [4.78, 5) is 12.4. The Labute approximate surface area is 166 Å². The minimum absolute atomic E-state index is 0.0183. The van der Waals surface area contributed by atoms with Crippen LogP contribution in [0.15, 0.2) is 53.9 Å². The smallest absolute Gasteiger partial charge is 0.268 e. The van der Waals surface area contributed by atoms with E-state index in [4.69, 9.17) is 4.74 Å². The van der Waals surface area contributed by atoms with Crippen molar-refractivity contribution in [2.45, 2.75) is 25.7 Å². The van der Waals surface area contributed by atoms with Gasteiger partial charge in [0.1, 0.15) is 17.2 Å². The highest BCUT2D eigenvalue weighted by molar-refractivity contribution is 7.93. The molecule has 0 heterocycles. The maximum Gasteiger partial charge on any atom is 0.268 e.